The molecule has 0 aromatic carbocycles. The maximum Gasteiger partial charge on any atom is 0.133 e. The van der Waals surface area contributed by atoms with Gasteiger partial charge in [-0.15, -0.1) is 11.3 Å². The van der Waals surface area contributed by atoms with Crippen LogP contribution in [0.4, 0.5) is 5.82 Å². The van der Waals surface area contributed by atoms with Crippen LogP contribution in [-0.4, -0.2) is 16.5 Å². The summed E-state index contributed by atoms with van der Waals surface area (Å²) in [6, 6.07) is 4.20. The molecule has 2 aromatic heterocycles. The molecule has 0 aliphatic heterocycles. The number of nitrogens with one attached hydrogen (secondary N) is 1. The highest BCUT2D eigenvalue weighted by Gasteiger charge is 2.11. The van der Waals surface area contributed by atoms with E-state index in [1.54, 1.807) is 23.1 Å². The number of hydrogen-bond donors (Lipinski definition) is 1. The molecule has 0 spiro atoms. The van der Waals surface area contributed by atoms with Crippen LogP contribution in [-0.2, 0) is 6.42 Å². The summed E-state index contributed by atoms with van der Waals surface area (Å²) in [5.41, 5.74) is 1.14. The molecule has 0 radical (unpaired) electrons. The average molecular weight is 293 g/mol. The molecule has 2 rings (SSSR count). The van der Waals surface area contributed by atoms with Gasteiger partial charge in [0.15, 0.2) is 0 Å². The third-order valence-electron chi connectivity index (χ3n) is 2.66. The van der Waals surface area contributed by atoms with E-state index in [9.17, 15) is 0 Å². The second kappa shape index (κ2) is 6.91. The summed E-state index contributed by atoms with van der Waals surface area (Å²) >= 11 is 3.48. The number of aromatic nitrogens is 2. The largest absolute Gasteiger partial charge is 0.370 e. The number of aryl methyl sites for hydroxylation is 1. The molecule has 2 aromatic rings. The van der Waals surface area contributed by atoms with Crippen molar-refractivity contribution in [3.8, 4) is 0 Å². The molecular formula is C14H19N3S2. The number of hydrogen-bond acceptors (Lipinski definition) is 5. The molecule has 3 nitrogen and oxygen atoms in total. The topological polar surface area (TPSA) is 37.8 Å². The van der Waals surface area contributed by atoms with Crippen LogP contribution in [0.1, 0.15) is 31.7 Å². The Hall–Kier alpha value is -1.07. The molecule has 0 aliphatic rings. The van der Waals surface area contributed by atoms with Gasteiger partial charge in [-0.1, -0.05) is 24.8 Å². The van der Waals surface area contributed by atoms with Crippen molar-refractivity contribution >= 4 is 28.9 Å². The normalized spacial score (nSPS) is 10.7. The number of nitrogens with zero attached hydrogens (tertiary/aromatic N) is 2. The van der Waals surface area contributed by atoms with Gasteiger partial charge in [-0.25, -0.2) is 9.97 Å². The minimum Gasteiger partial charge on any atom is -0.370 e. The Balaban J connectivity index is 2.33. The molecule has 5 heteroatoms. The van der Waals surface area contributed by atoms with Gasteiger partial charge in [0.1, 0.15) is 16.7 Å². The molecule has 1 N–H and O–H groups in total. The van der Waals surface area contributed by atoms with Gasteiger partial charge in [0.25, 0.3) is 0 Å². The van der Waals surface area contributed by atoms with Crippen molar-refractivity contribution in [2.45, 2.75) is 42.8 Å². The molecule has 2 heterocycles. The summed E-state index contributed by atoms with van der Waals surface area (Å²) < 4.78 is 1.27. The second-order valence-electron chi connectivity index (χ2n) is 4.23. The highest BCUT2D eigenvalue weighted by atomic mass is 32.2. The minimum absolute atomic E-state index is 0.881. The average Bonchev–Trinajstić information content (AvgIpc) is 2.88. The van der Waals surface area contributed by atoms with Gasteiger partial charge in [-0.3, -0.25) is 0 Å². The first kappa shape index (κ1) is 14.3. The zero-order valence-corrected chi connectivity index (χ0v) is 13.2. The fraction of sp³-hybridized carbons (Fsp3) is 0.429. The van der Waals surface area contributed by atoms with Crippen LogP contribution in [0.15, 0.2) is 26.7 Å². The summed E-state index contributed by atoms with van der Waals surface area (Å²) in [4.78, 5) is 9.31. The molecule has 19 heavy (non-hydrogen) atoms. The summed E-state index contributed by atoms with van der Waals surface area (Å²) in [5, 5.41) is 6.49. The molecule has 0 saturated heterocycles. The van der Waals surface area contributed by atoms with E-state index in [-0.39, 0.29) is 0 Å². The summed E-state index contributed by atoms with van der Waals surface area (Å²) in [6.07, 6.45) is 1.99. The second-order valence-corrected chi connectivity index (χ2v) is 6.47. The molecule has 0 fully saturated rings. The van der Waals surface area contributed by atoms with Crippen LogP contribution >= 0.6 is 23.1 Å². The lowest BCUT2D eigenvalue weighted by molar-refractivity contribution is 0.802. The number of rotatable bonds is 6. The number of thiophene rings is 1. The van der Waals surface area contributed by atoms with E-state index >= 15 is 0 Å². The van der Waals surface area contributed by atoms with Crippen molar-refractivity contribution in [3.05, 3.63) is 28.9 Å². The Morgan fingerprint density at radius 2 is 2.16 bits per heavy atom. The monoisotopic (exact) mass is 293 g/mol. The molecule has 0 aliphatic carbocycles. The van der Waals surface area contributed by atoms with Crippen LogP contribution in [0.3, 0.4) is 0 Å². The van der Waals surface area contributed by atoms with E-state index in [1.807, 2.05) is 0 Å². The Morgan fingerprint density at radius 3 is 2.79 bits per heavy atom. The lowest BCUT2D eigenvalue weighted by Crippen LogP contribution is -2.07. The summed E-state index contributed by atoms with van der Waals surface area (Å²) in [7, 11) is 0. The van der Waals surface area contributed by atoms with Gasteiger partial charge in [-0.2, -0.15) is 0 Å². The van der Waals surface area contributed by atoms with Crippen molar-refractivity contribution in [1.29, 1.82) is 0 Å². The van der Waals surface area contributed by atoms with Gasteiger partial charge < -0.3 is 5.32 Å². The van der Waals surface area contributed by atoms with Gasteiger partial charge in [0.2, 0.25) is 0 Å². The Bertz CT molecular complexity index is 524. The predicted octanol–water partition coefficient (Wildman–Crippen LogP) is 4.38. The highest BCUT2D eigenvalue weighted by Crippen LogP contribution is 2.34. The van der Waals surface area contributed by atoms with Gasteiger partial charge in [0, 0.05) is 18.5 Å². The van der Waals surface area contributed by atoms with E-state index in [2.05, 4.69) is 48.6 Å². The molecule has 0 atom stereocenters. The van der Waals surface area contributed by atoms with Crippen LogP contribution < -0.4 is 5.32 Å². The van der Waals surface area contributed by atoms with E-state index in [1.165, 1.54) is 4.21 Å². The molecule has 0 amide bonds. The SMILES string of the molecule is CCCc1nc(NCC)c(C)c(Sc2cccs2)n1. The first-order valence-corrected chi connectivity index (χ1v) is 8.27. The maximum absolute atomic E-state index is 4.70. The third-order valence-corrected chi connectivity index (χ3v) is 4.79. The zero-order chi connectivity index (χ0) is 13.7. The molecule has 102 valence electrons. The highest BCUT2D eigenvalue weighted by molar-refractivity contribution is 8.01. The zero-order valence-electron chi connectivity index (χ0n) is 11.6. The van der Waals surface area contributed by atoms with Gasteiger partial charge in [0.05, 0.1) is 4.21 Å². The number of anilines is 1. The van der Waals surface area contributed by atoms with Crippen LogP contribution in [0.25, 0.3) is 0 Å². The smallest absolute Gasteiger partial charge is 0.133 e. The lowest BCUT2D eigenvalue weighted by atomic mass is 10.3. The third kappa shape index (κ3) is 3.70. The van der Waals surface area contributed by atoms with Crippen LogP contribution in [0.5, 0.6) is 0 Å². The molecule has 0 bridgehead atoms. The lowest BCUT2D eigenvalue weighted by Gasteiger charge is -2.12. The first-order valence-electron chi connectivity index (χ1n) is 6.57. The van der Waals surface area contributed by atoms with Gasteiger partial charge >= 0.3 is 0 Å². The minimum atomic E-state index is 0.881. The Labute approximate surface area is 122 Å². The van der Waals surface area contributed by atoms with Crippen LogP contribution in [0, 0.1) is 6.92 Å². The quantitative estimate of drug-likeness (QED) is 0.802. The van der Waals surface area contributed by atoms with Crippen molar-refractivity contribution in [2.75, 3.05) is 11.9 Å². The summed E-state index contributed by atoms with van der Waals surface area (Å²) in [6.45, 7) is 7.21. The van der Waals surface area contributed by atoms with Crippen molar-refractivity contribution in [1.82, 2.24) is 9.97 Å². The van der Waals surface area contributed by atoms with Crippen LogP contribution in [0.2, 0.25) is 0 Å². The molecule has 0 unspecified atom stereocenters. The van der Waals surface area contributed by atoms with E-state index in [0.29, 0.717) is 0 Å². The van der Waals surface area contributed by atoms with E-state index in [0.717, 1.165) is 41.6 Å². The van der Waals surface area contributed by atoms with E-state index in [4.69, 9.17) is 4.98 Å². The fourth-order valence-electron chi connectivity index (χ4n) is 1.73. The Kier molecular flexibility index (Phi) is 5.22. The molecule has 0 saturated carbocycles. The van der Waals surface area contributed by atoms with Crippen molar-refractivity contribution in [3.63, 3.8) is 0 Å². The van der Waals surface area contributed by atoms with Gasteiger partial charge in [-0.05, 0) is 31.7 Å². The standard InChI is InChI=1S/C14H19N3S2/c1-4-7-11-16-13(15-5-2)10(3)14(17-11)19-12-8-6-9-18-12/h6,8-9H,4-5,7H2,1-3H3,(H,15,16,17). The summed E-state index contributed by atoms with van der Waals surface area (Å²) in [5.74, 6) is 1.91. The van der Waals surface area contributed by atoms with Crippen molar-refractivity contribution in [2.24, 2.45) is 0 Å². The maximum atomic E-state index is 4.70. The molecular weight excluding hydrogens is 274 g/mol. The van der Waals surface area contributed by atoms with E-state index < -0.39 is 0 Å². The van der Waals surface area contributed by atoms with Crippen molar-refractivity contribution < 1.29 is 0 Å². The predicted molar refractivity (Wildman–Crippen MR) is 83.4 cm³/mol. The first-order chi connectivity index (χ1) is 9.24. The fourth-order valence-corrected chi connectivity index (χ4v) is 3.51. The Morgan fingerprint density at radius 1 is 1.32 bits per heavy atom.